The number of hydrogen-bond donors (Lipinski definition) is 2. The number of likely N-dealkylation sites (tertiary alicyclic amines) is 1. The summed E-state index contributed by atoms with van der Waals surface area (Å²) in [6, 6.07) is 18.4. The molecular formula is C29H29N7O3. The lowest BCUT2D eigenvalue weighted by Crippen LogP contribution is -2.30. The number of pyridine rings is 1. The van der Waals surface area contributed by atoms with Gasteiger partial charge in [0.15, 0.2) is 11.5 Å². The molecule has 2 N–H and O–H groups in total. The first kappa shape index (κ1) is 25.8. The molecule has 198 valence electrons. The molecule has 1 fully saturated rings. The molecular weight excluding hydrogens is 494 g/mol. The van der Waals surface area contributed by atoms with E-state index in [1.165, 1.54) is 0 Å². The number of ether oxygens (including phenoxy) is 2. The molecule has 0 bridgehead atoms. The largest absolute Gasteiger partial charge is 0.457 e. The summed E-state index contributed by atoms with van der Waals surface area (Å²) in [7, 11) is 3.92. The third-order valence-corrected chi connectivity index (χ3v) is 6.27. The monoisotopic (exact) mass is 523 g/mol. The van der Waals surface area contributed by atoms with Crippen LogP contribution in [0.1, 0.15) is 12.0 Å². The van der Waals surface area contributed by atoms with E-state index in [-0.39, 0.29) is 11.9 Å². The molecule has 0 aliphatic carbocycles. The predicted octanol–water partition coefficient (Wildman–Crippen LogP) is 4.54. The molecule has 39 heavy (non-hydrogen) atoms. The molecule has 10 heteroatoms. The number of benzene rings is 2. The van der Waals surface area contributed by atoms with Crippen LogP contribution in [-0.4, -0.2) is 70.7 Å². The molecule has 1 saturated heterocycles. The fourth-order valence-corrected chi connectivity index (χ4v) is 4.35. The van der Waals surface area contributed by atoms with Crippen molar-refractivity contribution in [2.24, 2.45) is 0 Å². The lowest BCUT2D eigenvalue weighted by molar-refractivity contribution is -0.125. The molecule has 2 aromatic heterocycles. The van der Waals surface area contributed by atoms with Gasteiger partial charge in [-0.05, 0) is 44.8 Å². The highest BCUT2D eigenvalue weighted by Crippen LogP contribution is 2.36. The number of likely N-dealkylation sites (N-methyl/N-ethyl adjacent to an activating group) is 1. The highest BCUT2D eigenvalue weighted by atomic mass is 16.5. The molecule has 10 nitrogen and oxygen atoms in total. The molecule has 1 amide bonds. The molecule has 0 radical (unpaired) electrons. The number of nitriles is 1. The molecule has 4 aromatic rings. The summed E-state index contributed by atoms with van der Waals surface area (Å²) in [5.41, 5.74) is 0.883. The number of amides is 1. The zero-order chi connectivity index (χ0) is 27.2. The third kappa shape index (κ3) is 6.17. The first-order chi connectivity index (χ1) is 19.0. The number of carbonyl (C=O) groups is 1. The SMILES string of the molecule is CN(C)C/C=C/C(=O)N1CC[C@@H](Nc2n[nH]c3nccc(Oc4ccc(Oc5ccccc5)cc4C#N)c23)C1. The van der Waals surface area contributed by atoms with Gasteiger partial charge in [-0.25, -0.2) is 4.98 Å². The molecule has 0 unspecified atom stereocenters. The average Bonchev–Trinajstić information content (AvgIpc) is 3.58. The van der Waals surface area contributed by atoms with Crippen molar-refractivity contribution < 1.29 is 14.3 Å². The molecule has 5 rings (SSSR count). The van der Waals surface area contributed by atoms with Gasteiger partial charge in [0.2, 0.25) is 5.91 Å². The highest BCUT2D eigenvalue weighted by Gasteiger charge is 2.27. The Morgan fingerprint density at radius 1 is 1.18 bits per heavy atom. The predicted molar refractivity (Wildman–Crippen MR) is 148 cm³/mol. The van der Waals surface area contributed by atoms with E-state index in [1.807, 2.05) is 60.3 Å². The van der Waals surface area contributed by atoms with Crippen LogP contribution in [0.15, 0.2) is 72.9 Å². The van der Waals surface area contributed by atoms with Gasteiger partial charge in [0.1, 0.15) is 34.5 Å². The quantitative estimate of drug-likeness (QED) is 0.307. The van der Waals surface area contributed by atoms with Crippen molar-refractivity contribution in [3.63, 3.8) is 0 Å². The van der Waals surface area contributed by atoms with Crippen LogP contribution in [0.5, 0.6) is 23.0 Å². The Morgan fingerprint density at radius 3 is 2.82 bits per heavy atom. The first-order valence-corrected chi connectivity index (χ1v) is 12.6. The lowest BCUT2D eigenvalue weighted by Gasteiger charge is -2.16. The summed E-state index contributed by atoms with van der Waals surface area (Å²) in [5, 5.41) is 21.3. The Hall–Kier alpha value is -4.88. The van der Waals surface area contributed by atoms with Crippen molar-refractivity contribution in [1.82, 2.24) is 25.0 Å². The molecule has 1 aliphatic heterocycles. The number of rotatable bonds is 9. The number of nitrogens with zero attached hydrogens (tertiary/aromatic N) is 5. The zero-order valence-corrected chi connectivity index (χ0v) is 21.8. The van der Waals surface area contributed by atoms with Gasteiger partial charge in [0.25, 0.3) is 0 Å². The summed E-state index contributed by atoms with van der Waals surface area (Å²) in [6.45, 7) is 1.94. The average molecular weight is 524 g/mol. The number of aromatic amines is 1. The summed E-state index contributed by atoms with van der Waals surface area (Å²) in [6.07, 6.45) is 5.91. The number of H-pyrrole nitrogens is 1. The van der Waals surface area contributed by atoms with Gasteiger partial charge in [-0.2, -0.15) is 10.4 Å². The third-order valence-electron chi connectivity index (χ3n) is 6.27. The fourth-order valence-electron chi connectivity index (χ4n) is 4.35. The molecule has 1 atom stereocenters. The Kier molecular flexibility index (Phi) is 7.70. The number of nitrogens with one attached hydrogen (secondary N) is 2. The van der Waals surface area contributed by atoms with Crippen LogP contribution in [-0.2, 0) is 4.79 Å². The van der Waals surface area contributed by atoms with Crippen molar-refractivity contribution in [2.75, 3.05) is 39.0 Å². The maximum Gasteiger partial charge on any atom is 0.246 e. The van der Waals surface area contributed by atoms with Crippen LogP contribution in [0, 0.1) is 11.3 Å². The van der Waals surface area contributed by atoms with Gasteiger partial charge in [-0.3, -0.25) is 9.89 Å². The second-order valence-corrected chi connectivity index (χ2v) is 9.47. The van der Waals surface area contributed by atoms with Gasteiger partial charge in [-0.15, -0.1) is 0 Å². The van der Waals surface area contributed by atoms with E-state index in [1.54, 1.807) is 36.5 Å². The molecule has 1 aliphatic rings. The van der Waals surface area contributed by atoms with E-state index >= 15 is 0 Å². The lowest BCUT2D eigenvalue weighted by atomic mass is 10.2. The van der Waals surface area contributed by atoms with Gasteiger partial charge < -0.3 is 24.6 Å². The second kappa shape index (κ2) is 11.7. The minimum absolute atomic E-state index is 0.00227. The topological polar surface area (TPSA) is 119 Å². The van der Waals surface area contributed by atoms with Crippen LogP contribution >= 0.6 is 0 Å². The molecule has 2 aromatic carbocycles. The van der Waals surface area contributed by atoms with Crippen molar-refractivity contribution in [3.05, 3.63) is 78.5 Å². The number of carbonyl (C=O) groups excluding carboxylic acids is 1. The standard InChI is InChI=1S/C29H29N7O3/c1-35(2)15-6-9-26(37)36-16-13-21(19-36)32-29-27-25(12-14-31-28(27)33-34-29)39-24-11-10-23(17-20(24)18-30)38-22-7-4-3-5-8-22/h3-12,14,17,21H,13,15-16,19H2,1-2H3,(H2,31,32,33,34)/b9-6+/t21-/m1/s1. The van der Waals surface area contributed by atoms with E-state index in [2.05, 4.69) is 26.6 Å². The first-order valence-electron chi connectivity index (χ1n) is 12.6. The van der Waals surface area contributed by atoms with Crippen LogP contribution in [0.3, 0.4) is 0 Å². The number of hydrogen-bond acceptors (Lipinski definition) is 8. The van der Waals surface area contributed by atoms with E-state index in [0.717, 1.165) is 6.42 Å². The van der Waals surface area contributed by atoms with E-state index in [4.69, 9.17) is 9.47 Å². The maximum absolute atomic E-state index is 12.5. The number of anilines is 1. The zero-order valence-electron chi connectivity index (χ0n) is 21.8. The van der Waals surface area contributed by atoms with Crippen LogP contribution in [0.2, 0.25) is 0 Å². The number of fused-ring (bicyclic) bond motifs is 1. The minimum Gasteiger partial charge on any atom is -0.457 e. The Balaban J connectivity index is 1.31. The Bertz CT molecular complexity index is 1530. The maximum atomic E-state index is 12.5. The summed E-state index contributed by atoms with van der Waals surface area (Å²) in [4.78, 5) is 20.7. The van der Waals surface area contributed by atoms with Crippen molar-refractivity contribution >= 4 is 22.8 Å². The summed E-state index contributed by atoms with van der Waals surface area (Å²) < 4.78 is 12.1. The second-order valence-electron chi connectivity index (χ2n) is 9.47. The van der Waals surface area contributed by atoms with E-state index in [0.29, 0.717) is 65.0 Å². The van der Waals surface area contributed by atoms with E-state index in [9.17, 15) is 10.1 Å². The molecule has 0 saturated carbocycles. The number of para-hydroxylation sites is 1. The van der Waals surface area contributed by atoms with E-state index < -0.39 is 0 Å². The molecule has 0 spiro atoms. The van der Waals surface area contributed by atoms with Crippen molar-refractivity contribution in [1.29, 1.82) is 5.26 Å². The smallest absolute Gasteiger partial charge is 0.246 e. The Morgan fingerprint density at radius 2 is 2.03 bits per heavy atom. The van der Waals surface area contributed by atoms with Crippen LogP contribution < -0.4 is 14.8 Å². The molecule has 3 heterocycles. The Labute approximate surface area is 226 Å². The minimum atomic E-state index is 0.00227. The van der Waals surface area contributed by atoms with Gasteiger partial charge in [0, 0.05) is 50.1 Å². The van der Waals surface area contributed by atoms with Gasteiger partial charge in [-0.1, -0.05) is 24.3 Å². The van der Waals surface area contributed by atoms with Crippen molar-refractivity contribution in [2.45, 2.75) is 12.5 Å². The van der Waals surface area contributed by atoms with Gasteiger partial charge >= 0.3 is 0 Å². The summed E-state index contributed by atoms with van der Waals surface area (Å²) in [5.74, 6) is 2.69. The van der Waals surface area contributed by atoms with Gasteiger partial charge in [0.05, 0.1) is 5.56 Å². The van der Waals surface area contributed by atoms with Crippen LogP contribution in [0.25, 0.3) is 11.0 Å². The van der Waals surface area contributed by atoms with Crippen LogP contribution in [0.4, 0.5) is 5.82 Å². The highest BCUT2D eigenvalue weighted by molar-refractivity contribution is 5.93. The normalized spacial score (nSPS) is 15.1. The summed E-state index contributed by atoms with van der Waals surface area (Å²) >= 11 is 0. The van der Waals surface area contributed by atoms with Crippen molar-refractivity contribution in [3.8, 4) is 29.1 Å². The fraction of sp³-hybridized carbons (Fsp3) is 0.241. The number of aromatic nitrogens is 3.